The van der Waals surface area contributed by atoms with Crippen LogP contribution >= 0.6 is 27.7 Å². The number of hydrogen-bond acceptors (Lipinski definition) is 6. The molecule has 8 heteroatoms. The molecule has 24 heavy (non-hydrogen) atoms. The maximum atomic E-state index is 12.2. The molecule has 2 aromatic rings. The number of Topliss-reactive ketones (excluding diaryl/α,β-unsaturated/α-hetero) is 1. The van der Waals surface area contributed by atoms with Gasteiger partial charge in [-0.05, 0) is 24.3 Å². The Morgan fingerprint density at radius 3 is 2.83 bits per heavy atom. The first-order chi connectivity index (χ1) is 11.6. The fraction of sp³-hybridized carbons (Fsp3) is 0.125. The lowest BCUT2D eigenvalue weighted by molar-refractivity contribution is -0.118. The zero-order valence-electron chi connectivity index (χ0n) is 12.3. The lowest BCUT2D eigenvalue weighted by Crippen LogP contribution is -2.26. The van der Waals surface area contributed by atoms with E-state index in [9.17, 15) is 9.59 Å². The quantitative estimate of drug-likeness (QED) is 0.470. The van der Waals surface area contributed by atoms with Crippen LogP contribution < -0.4 is 5.32 Å². The van der Waals surface area contributed by atoms with E-state index in [0.29, 0.717) is 16.5 Å². The molecule has 1 saturated heterocycles. The van der Waals surface area contributed by atoms with Crippen LogP contribution in [0.15, 0.2) is 61.8 Å². The van der Waals surface area contributed by atoms with Crippen molar-refractivity contribution in [1.82, 2.24) is 5.32 Å². The van der Waals surface area contributed by atoms with Crippen LogP contribution in [0.25, 0.3) is 0 Å². The van der Waals surface area contributed by atoms with Crippen LogP contribution in [0.5, 0.6) is 0 Å². The van der Waals surface area contributed by atoms with Crippen LogP contribution in [0, 0.1) is 0 Å². The Kier molecular flexibility index (Phi) is 5.27. The van der Waals surface area contributed by atoms with Crippen LogP contribution in [0.4, 0.5) is 0 Å². The van der Waals surface area contributed by atoms with Gasteiger partial charge in [0.2, 0.25) is 5.91 Å². The van der Waals surface area contributed by atoms with Gasteiger partial charge in [-0.3, -0.25) is 9.59 Å². The Hall–Kier alpha value is -2.19. The molecule has 1 aliphatic rings. The number of rotatable bonds is 5. The van der Waals surface area contributed by atoms with Crippen LogP contribution in [-0.4, -0.2) is 28.3 Å². The number of benzene rings is 1. The number of hydrogen-bond donors (Lipinski definition) is 1. The number of nitrogens with zero attached hydrogens (tertiary/aromatic N) is 2. The van der Waals surface area contributed by atoms with E-state index >= 15 is 0 Å². The highest BCUT2D eigenvalue weighted by atomic mass is 79.9. The molecule has 0 bridgehead atoms. The molecule has 1 fully saturated rings. The average molecular weight is 406 g/mol. The Bertz CT molecular complexity index is 800. The van der Waals surface area contributed by atoms with Crippen LogP contribution in [0.2, 0.25) is 0 Å². The molecule has 2 heterocycles. The standard InChI is InChI=1S/C16H12BrN3O3S/c17-11-5-3-10(4-6-11)13(21)8-14-15(22)19-16(24-14)20-18-9-12-2-1-7-23-12/h1-7,9,14H,8H2,(H,19,20,22)/t14-/m0/s1. The Labute approximate surface area is 150 Å². The van der Waals surface area contributed by atoms with Crippen molar-refractivity contribution in [2.45, 2.75) is 11.7 Å². The molecule has 0 aliphatic carbocycles. The molecular formula is C16H12BrN3O3S. The molecule has 1 amide bonds. The smallest absolute Gasteiger partial charge is 0.240 e. The summed E-state index contributed by atoms with van der Waals surface area (Å²) in [6, 6.07) is 10.5. The second-order valence-corrected chi connectivity index (χ2v) is 7.00. The van der Waals surface area contributed by atoms with Crippen molar-refractivity contribution in [3.8, 4) is 0 Å². The van der Waals surface area contributed by atoms with Crippen molar-refractivity contribution < 1.29 is 14.0 Å². The molecule has 1 aliphatic heterocycles. The minimum absolute atomic E-state index is 0.0875. The molecule has 1 atom stereocenters. The fourth-order valence-electron chi connectivity index (χ4n) is 2.01. The van der Waals surface area contributed by atoms with E-state index in [-0.39, 0.29) is 18.1 Å². The largest absolute Gasteiger partial charge is 0.463 e. The maximum absolute atomic E-state index is 12.2. The van der Waals surface area contributed by atoms with Gasteiger partial charge in [0.05, 0.1) is 17.7 Å². The summed E-state index contributed by atoms with van der Waals surface area (Å²) < 4.78 is 5.99. The molecule has 6 nitrogen and oxygen atoms in total. The maximum Gasteiger partial charge on any atom is 0.240 e. The van der Waals surface area contributed by atoms with Crippen LogP contribution in [0.3, 0.4) is 0 Å². The minimum Gasteiger partial charge on any atom is -0.463 e. The third-order valence-electron chi connectivity index (χ3n) is 3.19. The van der Waals surface area contributed by atoms with Gasteiger partial charge >= 0.3 is 0 Å². The number of amides is 1. The average Bonchev–Trinajstić information content (AvgIpc) is 3.19. The van der Waals surface area contributed by atoms with E-state index in [2.05, 4.69) is 31.4 Å². The predicted octanol–water partition coefficient (Wildman–Crippen LogP) is 3.24. The second-order valence-electron chi connectivity index (χ2n) is 4.90. The SMILES string of the molecule is O=C(C[C@@H]1S/C(=N/N=Cc2ccco2)NC1=O)c1ccc(Br)cc1. The number of halogens is 1. The Balaban J connectivity index is 1.60. The first-order valence-corrected chi connectivity index (χ1v) is 8.70. The Morgan fingerprint density at radius 2 is 2.12 bits per heavy atom. The van der Waals surface area contributed by atoms with E-state index in [1.54, 1.807) is 36.4 Å². The van der Waals surface area contributed by atoms with E-state index in [1.165, 1.54) is 24.2 Å². The summed E-state index contributed by atoms with van der Waals surface area (Å²) in [4.78, 5) is 24.2. The van der Waals surface area contributed by atoms with Gasteiger partial charge in [-0.1, -0.05) is 39.8 Å². The summed E-state index contributed by atoms with van der Waals surface area (Å²) in [5.74, 6) is 0.239. The molecule has 0 spiro atoms. The zero-order chi connectivity index (χ0) is 16.9. The van der Waals surface area contributed by atoms with E-state index < -0.39 is 5.25 Å². The third-order valence-corrected chi connectivity index (χ3v) is 4.79. The summed E-state index contributed by atoms with van der Waals surface area (Å²) in [5.41, 5.74) is 0.577. The molecule has 1 N–H and O–H groups in total. The lowest BCUT2D eigenvalue weighted by Gasteiger charge is -2.04. The van der Waals surface area contributed by atoms with Gasteiger partial charge in [0.15, 0.2) is 11.0 Å². The molecule has 1 aromatic carbocycles. The van der Waals surface area contributed by atoms with Crippen molar-refractivity contribution in [2.24, 2.45) is 10.2 Å². The number of ketones is 1. The van der Waals surface area contributed by atoms with E-state index in [0.717, 1.165) is 4.47 Å². The minimum atomic E-state index is -0.501. The summed E-state index contributed by atoms with van der Waals surface area (Å²) in [7, 11) is 0. The molecule has 3 rings (SSSR count). The topological polar surface area (TPSA) is 84.0 Å². The van der Waals surface area contributed by atoms with Gasteiger partial charge in [-0.2, -0.15) is 5.10 Å². The van der Waals surface area contributed by atoms with Crippen molar-refractivity contribution in [3.05, 3.63) is 58.5 Å². The number of carbonyl (C=O) groups excluding carboxylic acids is 2. The van der Waals surface area contributed by atoms with Gasteiger partial charge in [-0.25, -0.2) is 0 Å². The second kappa shape index (κ2) is 7.59. The number of nitrogens with one attached hydrogen (secondary N) is 1. The number of amidine groups is 1. The number of thioether (sulfide) groups is 1. The first-order valence-electron chi connectivity index (χ1n) is 7.02. The molecular weight excluding hydrogens is 394 g/mol. The molecule has 0 saturated carbocycles. The summed E-state index contributed by atoms with van der Waals surface area (Å²) in [5, 5.41) is 10.3. The summed E-state index contributed by atoms with van der Waals surface area (Å²) >= 11 is 4.52. The van der Waals surface area contributed by atoms with Crippen molar-refractivity contribution >= 4 is 50.8 Å². The highest BCUT2D eigenvalue weighted by molar-refractivity contribution is 9.10. The number of carbonyl (C=O) groups is 2. The summed E-state index contributed by atoms with van der Waals surface area (Å²) in [6.45, 7) is 0. The van der Waals surface area contributed by atoms with Crippen molar-refractivity contribution in [2.75, 3.05) is 0 Å². The highest BCUT2D eigenvalue weighted by Crippen LogP contribution is 2.24. The Morgan fingerprint density at radius 1 is 1.33 bits per heavy atom. The van der Waals surface area contributed by atoms with Gasteiger partial charge in [0.25, 0.3) is 0 Å². The number of furan rings is 1. The first kappa shape index (κ1) is 16.7. The van der Waals surface area contributed by atoms with Gasteiger partial charge in [0, 0.05) is 16.5 Å². The monoisotopic (exact) mass is 405 g/mol. The van der Waals surface area contributed by atoms with E-state index in [4.69, 9.17) is 4.42 Å². The fourth-order valence-corrected chi connectivity index (χ4v) is 3.20. The summed E-state index contributed by atoms with van der Waals surface area (Å²) in [6.07, 6.45) is 3.09. The van der Waals surface area contributed by atoms with E-state index in [1.807, 2.05) is 0 Å². The van der Waals surface area contributed by atoms with Crippen LogP contribution in [-0.2, 0) is 4.79 Å². The van der Waals surface area contributed by atoms with Gasteiger partial charge in [0.1, 0.15) is 5.76 Å². The molecule has 1 aromatic heterocycles. The van der Waals surface area contributed by atoms with Gasteiger partial charge in [-0.15, -0.1) is 5.10 Å². The van der Waals surface area contributed by atoms with Gasteiger partial charge < -0.3 is 9.73 Å². The normalized spacial score (nSPS) is 19.1. The third kappa shape index (κ3) is 4.21. The van der Waals surface area contributed by atoms with Crippen molar-refractivity contribution in [3.63, 3.8) is 0 Å². The zero-order valence-corrected chi connectivity index (χ0v) is 14.7. The highest BCUT2D eigenvalue weighted by Gasteiger charge is 2.32. The lowest BCUT2D eigenvalue weighted by atomic mass is 10.1. The van der Waals surface area contributed by atoms with Crippen LogP contribution in [0.1, 0.15) is 22.5 Å². The van der Waals surface area contributed by atoms with Crippen molar-refractivity contribution in [1.29, 1.82) is 0 Å². The predicted molar refractivity (Wildman–Crippen MR) is 96.3 cm³/mol. The molecule has 0 unspecified atom stereocenters. The molecule has 122 valence electrons. The molecule has 0 radical (unpaired) electrons.